The molecule has 0 radical (unpaired) electrons. The van der Waals surface area contributed by atoms with Crippen LogP contribution in [-0.2, 0) is 7.05 Å². The van der Waals surface area contributed by atoms with Crippen LogP contribution < -0.4 is 5.32 Å². The maximum Gasteiger partial charge on any atom is 0.137 e. The summed E-state index contributed by atoms with van der Waals surface area (Å²) in [6, 6.07) is 8.37. The Balaban J connectivity index is 2.07. The molecule has 1 N–H and O–H groups in total. The van der Waals surface area contributed by atoms with Crippen LogP contribution in [0.1, 0.15) is 29.9 Å². The van der Waals surface area contributed by atoms with Crippen molar-refractivity contribution in [2.45, 2.75) is 19.9 Å². The third-order valence-electron chi connectivity index (χ3n) is 3.51. The molecule has 0 bridgehead atoms. The number of fused-ring (bicyclic) bond motifs is 1. The first-order valence-corrected chi connectivity index (χ1v) is 6.90. The van der Waals surface area contributed by atoms with E-state index < -0.39 is 0 Å². The molecule has 0 spiro atoms. The Morgan fingerprint density at radius 3 is 2.90 bits per heavy atom. The third kappa shape index (κ3) is 2.23. The summed E-state index contributed by atoms with van der Waals surface area (Å²) in [6.45, 7) is 5.04. The molecule has 2 heterocycles. The van der Waals surface area contributed by atoms with E-state index in [2.05, 4.69) is 48.5 Å². The number of nitrogens with zero attached hydrogens (tertiary/aromatic N) is 2. The van der Waals surface area contributed by atoms with Gasteiger partial charge in [-0.1, -0.05) is 25.1 Å². The smallest absolute Gasteiger partial charge is 0.137 e. The van der Waals surface area contributed by atoms with Crippen LogP contribution in [0.5, 0.6) is 0 Å². The van der Waals surface area contributed by atoms with Crippen molar-refractivity contribution in [3.8, 4) is 0 Å². The number of benzene rings is 1. The molecule has 20 heavy (non-hydrogen) atoms. The topological polar surface area (TPSA) is 43.0 Å². The summed E-state index contributed by atoms with van der Waals surface area (Å²) in [5.41, 5.74) is 3.25. The molecule has 104 valence electrons. The van der Waals surface area contributed by atoms with Crippen LogP contribution in [-0.4, -0.2) is 16.3 Å². The number of aromatic nitrogens is 2. The summed E-state index contributed by atoms with van der Waals surface area (Å²) in [7, 11) is 1.93. The zero-order valence-corrected chi connectivity index (χ0v) is 12.1. The van der Waals surface area contributed by atoms with Crippen LogP contribution in [0.15, 0.2) is 41.1 Å². The summed E-state index contributed by atoms with van der Waals surface area (Å²) >= 11 is 0. The number of nitrogens with one attached hydrogen (secondary N) is 1. The van der Waals surface area contributed by atoms with Crippen molar-refractivity contribution in [2.24, 2.45) is 7.05 Å². The molecule has 0 fully saturated rings. The van der Waals surface area contributed by atoms with Gasteiger partial charge in [0, 0.05) is 24.2 Å². The van der Waals surface area contributed by atoms with Gasteiger partial charge in [0.25, 0.3) is 0 Å². The van der Waals surface area contributed by atoms with Crippen LogP contribution in [0, 0.1) is 6.92 Å². The maximum absolute atomic E-state index is 6.08. The van der Waals surface area contributed by atoms with Crippen LogP contribution in [0.25, 0.3) is 11.0 Å². The van der Waals surface area contributed by atoms with Gasteiger partial charge in [-0.2, -0.15) is 5.10 Å². The molecule has 2 aromatic heterocycles. The van der Waals surface area contributed by atoms with Gasteiger partial charge in [0.2, 0.25) is 0 Å². The first kappa shape index (κ1) is 12.9. The molecule has 3 rings (SSSR count). The monoisotopic (exact) mass is 269 g/mol. The fourth-order valence-electron chi connectivity index (χ4n) is 2.55. The zero-order chi connectivity index (χ0) is 14.1. The Hall–Kier alpha value is -2.07. The van der Waals surface area contributed by atoms with E-state index in [1.165, 1.54) is 0 Å². The van der Waals surface area contributed by atoms with E-state index >= 15 is 0 Å². The fourth-order valence-corrected chi connectivity index (χ4v) is 2.55. The normalized spacial score (nSPS) is 12.9. The van der Waals surface area contributed by atoms with E-state index in [1.54, 1.807) is 0 Å². The molecule has 4 nitrogen and oxygen atoms in total. The summed E-state index contributed by atoms with van der Waals surface area (Å²) < 4.78 is 7.89. The molecule has 1 atom stereocenters. The van der Waals surface area contributed by atoms with Crippen LogP contribution >= 0.6 is 0 Å². The van der Waals surface area contributed by atoms with Crippen LogP contribution in [0.2, 0.25) is 0 Å². The molecular weight excluding hydrogens is 250 g/mol. The number of hydrogen-bond acceptors (Lipinski definition) is 3. The molecule has 0 saturated heterocycles. The number of para-hydroxylation sites is 1. The molecule has 0 saturated carbocycles. The van der Waals surface area contributed by atoms with Crippen molar-refractivity contribution in [3.05, 3.63) is 53.5 Å². The average molecular weight is 269 g/mol. The number of rotatable bonds is 4. The lowest BCUT2D eigenvalue weighted by atomic mass is 10.1. The van der Waals surface area contributed by atoms with Gasteiger partial charge in [0.15, 0.2) is 0 Å². The molecule has 1 aromatic carbocycles. The largest absolute Gasteiger partial charge is 0.459 e. The lowest BCUT2D eigenvalue weighted by molar-refractivity contribution is 0.476. The van der Waals surface area contributed by atoms with Gasteiger partial charge in [-0.05, 0) is 25.1 Å². The second-order valence-corrected chi connectivity index (χ2v) is 5.08. The first-order valence-electron chi connectivity index (χ1n) is 6.90. The van der Waals surface area contributed by atoms with Gasteiger partial charge in [0.05, 0.1) is 12.2 Å². The van der Waals surface area contributed by atoms with Crippen molar-refractivity contribution in [1.29, 1.82) is 0 Å². The van der Waals surface area contributed by atoms with E-state index in [4.69, 9.17) is 4.42 Å². The Morgan fingerprint density at radius 1 is 1.40 bits per heavy atom. The van der Waals surface area contributed by atoms with Gasteiger partial charge in [-0.3, -0.25) is 4.68 Å². The number of furan rings is 1. The minimum atomic E-state index is 0.0421. The summed E-state index contributed by atoms with van der Waals surface area (Å²) in [6.07, 6.45) is 3.90. The first-order chi connectivity index (χ1) is 9.69. The maximum atomic E-state index is 6.08. The van der Waals surface area contributed by atoms with Crippen molar-refractivity contribution < 1.29 is 4.42 Å². The molecular formula is C16H19N3O. The highest BCUT2D eigenvalue weighted by molar-refractivity contribution is 5.81. The van der Waals surface area contributed by atoms with Gasteiger partial charge in [-0.15, -0.1) is 0 Å². The number of aryl methyl sites for hydroxylation is 2. The second-order valence-electron chi connectivity index (χ2n) is 5.08. The summed E-state index contributed by atoms with van der Waals surface area (Å²) in [5, 5.41) is 8.86. The van der Waals surface area contributed by atoms with E-state index in [0.29, 0.717) is 0 Å². The fraction of sp³-hybridized carbons (Fsp3) is 0.312. The van der Waals surface area contributed by atoms with E-state index in [9.17, 15) is 0 Å². The Kier molecular flexibility index (Phi) is 3.32. The zero-order valence-electron chi connectivity index (χ0n) is 12.1. The molecule has 4 heteroatoms. The van der Waals surface area contributed by atoms with E-state index in [1.807, 2.05) is 24.1 Å². The van der Waals surface area contributed by atoms with Crippen LogP contribution in [0.4, 0.5) is 0 Å². The molecule has 0 amide bonds. The standard InChI is InChI=1S/C16H19N3O/c1-4-17-15(13-9-18-19(3)10-13)14-8-12-7-5-6-11(2)16(12)20-14/h5-10,15,17H,4H2,1-3H3. The Morgan fingerprint density at radius 2 is 2.25 bits per heavy atom. The number of hydrogen-bond donors (Lipinski definition) is 1. The Labute approximate surface area is 118 Å². The molecule has 0 aliphatic heterocycles. The lowest BCUT2D eigenvalue weighted by Crippen LogP contribution is -2.21. The van der Waals surface area contributed by atoms with Gasteiger partial charge in [-0.25, -0.2) is 0 Å². The van der Waals surface area contributed by atoms with Gasteiger partial charge >= 0.3 is 0 Å². The minimum absolute atomic E-state index is 0.0421. The summed E-state index contributed by atoms with van der Waals surface area (Å²) in [4.78, 5) is 0. The quantitative estimate of drug-likeness (QED) is 0.791. The van der Waals surface area contributed by atoms with Crippen molar-refractivity contribution in [1.82, 2.24) is 15.1 Å². The SMILES string of the molecule is CCNC(c1cnn(C)c1)c1cc2cccc(C)c2o1. The molecule has 0 aliphatic carbocycles. The van der Waals surface area contributed by atoms with E-state index in [-0.39, 0.29) is 6.04 Å². The lowest BCUT2D eigenvalue weighted by Gasteiger charge is -2.13. The van der Waals surface area contributed by atoms with Crippen molar-refractivity contribution in [2.75, 3.05) is 6.54 Å². The van der Waals surface area contributed by atoms with Crippen LogP contribution in [0.3, 0.4) is 0 Å². The van der Waals surface area contributed by atoms with Crippen molar-refractivity contribution >= 4 is 11.0 Å². The molecule has 3 aromatic rings. The summed E-state index contributed by atoms with van der Waals surface area (Å²) in [5.74, 6) is 0.934. The molecule has 1 unspecified atom stereocenters. The highest BCUT2D eigenvalue weighted by Gasteiger charge is 2.19. The van der Waals surface area contributed by atoms with Gasteiger partial charge in [0.1, 0.15) is 11.3 Å². The highest BCUT2D eigenvalue weighted by Crippen LogP contribution is 2.29. The predicted octanol–water partition coefficient (Wildman–Crippen LogP) is 3.17. The second kappa shape index (κ2) is 5.13. The molecule has 0 aliphatic rings. The Bertz CT molecular complexity index is 726. The average Bonchev–Trinajstić information content (AvgIpc) is 3.03. The van der Waals surface area contributed by atoms with Gasteiger partial charge < -0.3 is 9.73 Å². The predicted molar refractivity (Wildman–Crippen MR) is 79.7 cm³/mol. The third-order valence-corrected chi connectivity index (χ3v) is 3.51. The van der Waals surface area contributed by atoms with E-state index in [0.717, 1.165) is 34.4 Å². The van der Waals surface area contributed by atoms with Crippen molar-refractivity contribution in [3.63, 3.8) is 0 Å². The minimum Gasteiger partial charge on any atom is -0.459 e. The highest BCUT2D eigenvalue weighted by atomic mass is 16.3.